The van der Waals surface area contributed by atoms with Crippen LogP contribution in [0, 0.1) is 6.92 Å². The number of hydrogen-bond donors (Lipinski definition) is 0. The number of hydrogen-bond acceptors (Lipinski definition) is 7. The first-order valence-electron chi connectivity index (χ1n) is 8.88. The van der Waals surface area contributed by atoms with Crippen LogP contribution in [0.4, 0.5) is 0 Å². The van der Waals surface area contributed by atoms with Gasteiger partial charge in [0.1, 0.15) is 12.4 Å². The van der Waals surface area contributed by atoms with Crippen LogP contribution in [0.2, 0.25) is 5.02 Å². The van der Waals surface area contributed by atoms with Gasteiger partial charge in [0.15, 0.2) is 11.0 Å². The highest BCUT2D eigenvalue weighted by molar-refractivity contribution is 7.98. The van der Waals surface area contributed by atoms with Crippen molar-refractivity contribution in [2.75, 3.05) is 0 Å². The molecule has 4 aromatic rings. The third-order valence-corrected chi connectivity index (χ3v) is 5.53. The lowest BCUT2D eigenvalue weighted by atomic mass is 10.1. The Kier molecular flexibility index (Phi) is 5.82. The molecule has 9 heteroatoms. The van der Waals surface area contributed by atoms with E-state index in [1.54, 1.807) is 6.07 Å². The van der Waals surface area contributed by atoms with Gasteiger partial charge in [-0.15, -0.1) is 20.4 Å². The van der Waals surface area contributed by atoms with E-state index in [1.807, 2.05) is 61.0 Å². The Morgan fingerprint density at radius 1 is 1.03 bits per heavy atom. The first kappa shape index (κ1) is 19.5. The molecule has 148 valence electrons. The van der Waals surface area contributed by atoms with Gasteiger partial charge in [-0.1, -0.05) is 53.2 Å². The Balaban J connectivity index is 1.37. The van der Waals surface area contributed by atoms with Crippen molar-refractivity contribution >= 4 is 23.4 Å². The minimum atomic E-state index is 0.270. The number of benzene rings is 2. The molecule has 2 aromatic carbocycles. The van der Waals surface area contributed by atoms with Gasteiger partial charge in [0.25, 0.3) is 0 Å². The summed E-state index contributed by atoms with van der Waals surface area (Å²) >= 11 is 7.58. The number of ether oxygens (including phenoxy) is 1. The van der Waals surface area contributed by atoms with Crippen molar-refractivity contribution < 1.29 is 9.15 Å². The number of nitrogens with zero attached hydrogens (tertiary/aromatic N) is 5. The van der Waals surface area contributed by atoms with E-state index >= 15 is 0 Å². The predicted octanol–water partition coefficient (Wildman–Crippen LogP) is 4.70. The van der Waals surface area contributed by atoms with Crippen molar-refractivity contribution in [3.8, 4) is 17.2 Å². The largest absolute Gasteiger partial charge is 0.484 e. The molecule has 0 saturated carbocycles. The number of thioether (sulfide) groups is 1. The van der Waals surface area contributed by atoms with Gasteiger partial charge in [-0.2, -0.15) is 0 Å². The number of aromatic nitrogens is 5. The van der Waals surface area contributed by atoms with E-state index in [4.69, 9.17) is 20.8 Å². The second kappa shape index (κ2) is 8.67. The maximum Gasteiger partial charge on any atom is 0.247 e. The fourth-order valence-corrected chi connectivity index (χ4v) is 3.51. The summed E-state index contributed by atoms with van der Waals surface area (Å²) in [7, 11) is 1.89. The van der Waals surface area contributed by atoms with Crippen LogP contribution in [0.1, 0.15) is 17.3 Å². The van der Waals surface area contributed by atoms with Crippen molar-refractivity contribution in [1.29, 1.82) is 0 Å². The molecule has 7 nitrogen and oxygen atoms in total. The smallest absolute Gasteiger partial charge is 0.247 e. The average molecular weight is 428 g/mol. The van der Waals surface area contributed by atoms with Gasteiger partial charge in [-0.05, 0) is 31.2 Å². The summed E-state index contributed by atoms with van der Waals surface area (Å²) in [6.45, 7) is 2.31. The summed E-state index contributed by atoms with van der Waals surface area (Å²) < 4.78 is 13.4. The van der Waals surface area contributed by atoms with Crippen molar-refractivity contribution in [2.45, 2.75) is 24.4 Å². The molecule has 0 radical (unpaired) electrons. The van der Waals surface area contributed by atoms with Crippen molar-refractivity contribution in [3.63, 3.8) is 0 Å². The Morgan fingerprint density at radius 3 is 2.62 bits per heavy atom. The molecule has 0 bridgehead atoms. The van der Waals surface area contributed by atoms with Crippen LogP contribution in [0.3, 0.4) is 0 Å². The number of aryl methyl sites for hydroxylation is 1. The van der Waals surface area contributed by atoms with E-state index in [0.29, 0.717) is 34.1 Å². The molecule has 0 N–H and O–H groups in total. The zero-order chi connectivity index (χ0) is 20.2. The molecule has 2 aromatic heterocycles. The third kappa shape index (κ3) is 4.60. The van der Waals surface area contributed by atoms with Crippen LogP contribution < -0.4 is 4.74 Å². The maximum absolute atomic E-state index is 6.11. The molecule has 0 aliphatic carbocycles. The lowest BCUT2D eigenvalue weighted by Crippen LogP contribution is -2.04. The number of halogens is 1. The SMILES string of the molecule is Cc1ccc(-c2nnc(CSc3nnc(COc4ccccc4Cl)n3C)o2)cc1. The van der Waals surface area contributed by atoms with Gasteiger partial charge in [-0.3, -0.25) is 0 Å². The predicted molar refractivity (Wildman–Crippen MR) is 111 cm³/mol. The molecule has 0 atom stereocenters. The first-order valence-corrected chi connectivity index (χ1v) is 10.2. The number of para-hydroxylation sites is 1. The molecular weight excluding hydrogens is 410 g/mol. The lowest BCUT2D eigenvalue weighted by Gasteiger charge is -2.07. The molecule has 0 amide bonds. The normalized spacial score (nSPS) is 11.0. The average Bonchev–Trinajstić information content (AvgIpc) is 3.33. The van der Waals surface area contributed by atoms with Gasteiger partial charge >= 0.3 is 0 Å². The summed E-state index contributed by atoms with van der Waals surface area (Å²) in [5.41, 5.74) is 2.08. The van der Waals surface area contributed by atoms with E-state index in [2.05, 4.69) is 20.4 Å². The minimum absolute atomic E-state index is 0.270. The topological polar surface area (TPSA) is 78.9 Å². The van der Waals surface area contributed by atoms with Crippen LogP contribution >= 0.6 is 23.4 Å². The van der Waals surface area contributed by atoms with Crippen molar-refractivity contribution in [2.24, 2.45) is 7.05 Å². The molecule has 2 heterocycles. The van der Waals surface area contributed by atoms with E-state index in [9.17, 15) is 0 Å². The highest BCUT2D eigenvalue weighted by Crippen LogP contribution is 2.26. The quantitative estimate of drug-likeness (QED) is 0.395. The molecule has 29 heavy (non-hydrogen) atoms. The summed E-state index contributed by atoms with van der Waals surface area (Å²) in [5, 5.41) is 17.9. The fourth-order valence-electron chi connectivity index (χ4n) is 2.55. The molecule has 0 aliphatic rings. The molecule has 0 saturated heterocycles. The first-order chi connectivity index (χ1) is 14.1. The number of rotatable bonds is 7. The monoisotopic (exact) mass is 427 g/mol. The van der Waals surface area contributed by atoms with Crippen molar-refractivity contribution in [1.82, 2.24) is 25.0 Å². The Bertz CT molecular complexity index is 1110. The summed E-state index contributed by atoms with van der Waals surface area (Å²) in [6, 6.07) is 15.3. The highest BCUT2D eigenvalue weighted by atomic mass is 35.5. The van der Waals surface area contributed by atoms with Gasteiger partial charge in [0.2, 0.25) is 11.8 Å². The summed E-state index contributed by atoms with van der Waals surface area (Å²) in [5.74, 6) is 2.84. The minimum Gasteiger partial charge on any atom is -0.484 e. The van der Waals surface area contributed by atoms with Gasteiger partial charge in [-0.25, -0.2) is 0 Å². The fraction of sp³-hybridized carbons (Fsp3) is 0.200. The summed E-state index contributed by atoms with van der Waals surface area (Å²) in [6.07, 6.45) is 0. The van der Waals surface area contributed by atoms with Gasteiger partial charge in [0, 0.05) is 12.6 Å². The van der Waals surface area contributed by atoms with Crippen LogP contribution in [0.15, 0.2) is 58.1 Å². The highest BCUT2D eigenvalue weighted by Gasteiger charge is 2.14. The molecule has 4 rings (SSSR count). The molecule has 0 unspecified atom stereocenters. The molecule has 0 aliphatic heterocycles. The standard InChI is InChI=1S/C20H18ClN5O2S/c1-13-7-9-14(10-8-13)19-24-23-18(28-19)12-29-20-25-22-17(26(20)2)11-27-16-6-4-3-5-15(16)21/h3-10H,11-12H2,1-2H3. The van der Waals surface area contributed by atoms with Crippen molar-refractivity contribution in [3.05, 3.63) is 70.8 Å². The Morgan fingerprint density at radius 2 is 1.83 bits per heavy atom. The van der Waals surface area contributed by atoms with Crippen LogP contribution in [-0.2, 0) is 19.4 Å². The molecule has 0 spiro atoms. The van der Waals surface area contributed by atoms with E-state index in [1.165, 1.54) is 17.3 Å². The lowest BCUT2D eigenvalue weighted by molar-refractivity contribution is 0.290. The Labute approximate surface area is 177 Å². The molecular formula is C20H18ClN5O2S. The Hall–Kier alpha value is -2.84. The van der Waals surface area contributed by atoms with E-state index < -0.39 is 0 Å². The maximum atomic E-state index is 6.11. The zero-order valence-electron chi connectivity index (χ0n) is 15.9. The van der Waals surface area contributed by atoms with Crippen LogP contribution in [0.5, 0.6) is 5.75 Å². The van der Waals surface area contributed by atoms with Crippen LogP contribution in [0.25, 0.3) is 11.5 Å². The second-order valence-corrected chi connectivity index (χ2v) is 7.68. The van der Waals surface area contributed by atoms with Gasteiger partial charge in [0.05, 0.1) is 10.8 Å². The van der Waals surface area contributed by atoms with Gasteiger partial charge < -0.3 is 13.7 Å². The van der Waals surface area contributed by atoms with E-state index in [-0.39, 0.29) is 6.61 Å². The third-order valence-electron chi connectivity index (χ3n) is 4.21. The zero-order valence-corrected chi connectivity index (χ0v) is 17.4. The second-order valence-electron chi connectivity index (χ2n) is 6.33. The van der Waals surface area contributed by atoms with E-state index in [0.717, 1.165) is 10.7 Å². The summed E-state index contributed by atoms with van der Waals surface area (Å²) in [4.78, 5) is 0. The molecule has 0 fully saturated rings. The van der Waals surface area contributed by atoms with Crippen LogP contribution in [-0.4, -0.2) is 25.0 Å².